The molecule has 1 amide bonds. The molecule has 0 spiro atoms. The first-order valence-corrected chi connectivity index (χ1v) is 12.2. The minimum absolute atomic E-state index is 0.0726. The summed E-state index contributed by atoms with van der Waals surface area (Å²) < 4.78 is 16.8. The Morgan fingerprint density at radius 3 is 2.54 bits per heavy atom. The van der Waals surface area contributed by atoms with E-state index in [1.807, 2.05) is 18.7 Å². The van der Waals surface area contributed by atoms with Gasteiger partial charge in [0.25, 0.3) is 5.56 Å². The average molecular weight is 505 g/mol. The summed E-state index contributed by atoms with van der Waals surface area (Å²) in [5.74, 6) is 0.671. The molecule has 0 N–H and O–H groups in total. The lowest BCUT2D eigenvalue weighted by Gasteiger charge is -2.39. The number of hydrogen-bond acceptors (Lipinski definition) is 7. The number of amides is 1. The minimum atomic E-state index is -0.638. The summed E-state index contributed by atoms with van der Waals surface area (Å²) in [6.45, 7) is 6.99. The van der Waals surface area contributed by atoms with Crippen LogP contribution >= 0.6 is 0 Å². The zero-order chi connectivity index (χ0) is 26.3. The van der Waals surface area contributed by atoms with Gasteiger partial charge >= 0.3 is 0 Å². The number of halogens is 1. The molecular weight excluding hydrogens is 475 g/mol. The zero-order valence-electron chi connectivity index (χ0n) is 21.3. The molecule has 0 saturated carbocycles. The number of anilines is 1. The van der Waals surface area contributed by atoms with Crippen LogP contribution in [0.5, 0.6) is 0 Å². The predicted molar refractivity (Wildman–Crippen MR) is 138 cm³/mol. The number of aromatic nitrogens is 6. The molecule has 10 nitrogen and oxygen atoms in total. The third-order valence-electron chi connectivity index (χ3n) is 6.91. The fourth-order valence-corrected chi connectivity index (χ4v) is 4.84. The van der Waals surface area contributed by atoms with Crippen LogP contribution in [0.25, 0.3) is 22.3 Å². The molecule has 1 atom stereocenters. The molecule has 0 aliphatic carbocycles. The van der Waals surface area contributed by atoms with Gasteiger partial charge in [0, 0.05) is 68.9 Å². The van der Waals surface area contributed by atoms with Crippen LogP contribution < -0.4 is 10.5 Å². The van der Waals surface area contributed by atoms with Gasteiger partial charge in [-0.2, -0.15) is 0 Å². The van der Waals surface area contributed by atoms with Gasteiger partial charge in [0.1, 0.15) is 6.67 Å². The van der Waals surface area contributed by atoms with Crippen LogP contribution in [0.2, 0.25) is 0 Å². The molecule has 1 fully saturated rings. The van der Waals surface area contributed by atoms with E-state index >= 15 is 0 Å². The molecule has 1 aliphatic rings. The maximum atomic E-state index is 13.6. The molecule has 5 rings (SSSR count). The van der Waals surface area contributed by atoms with E-state index in [1.165, 1.54) is 4.68 Å². The second kappa shape index (κ2) is 9.72. The molecule has 5 heterocycles. The van der Waals surface area contributed by atoms with Gasteiger partial charge in [-0.15, -0.1) is 0 Å². The molecule has 1 saturated heterocycles. The maximum Gasteiger partial charge on any atom is 0.275 e. The Morgan fingerprint density at radius 2 is 1.86 bits per heavy atom. The number of aryl methyl sites for hydroxylation is 1. The second-order valence-electron chi connectivity index (χ2n) is 9.43. The number of carbonyl (C=O) groups excluding carboxylic acids is 1. The number of rotatable bonds is 5. The van der Waals surface area contributed by atoms with Gasteiger partial charge in [-0.1, -0.05) is 6.07 Å². The number of pyridine rings is 2. The van der Waals surface area contributed by atoms with E-state index in [0.29, 0.717) is 59.1 Å². The maximum absolute atomic E-state index is 13.6. The van der Waals surface area contributed by atoms with Gasteiger partial charge in [-0.05, 0) is 32.0 Å². The first-order chi connectivity index (χ1) is 17.8. The van der Waals surface area contributed by atoms with Crippen molar-refractivity contribution in [2.24, 2.45) is 7.05 Å². The molecule has 0 aromatic carbocycles. The van der Waals surface area contributed by atoms with Crippen LogP contribution in [0, 0.1) is 6.92 Å². The lowest BCUT2D eigenvalue weighted by atomic mass is 10.2. The number of hydrogen-bond donors (Lipinski definition) is 0. The van der Waals surface area contributed by atoms with Gasteiger partial charge in [0.05, 0.1) is 23.3 Å². The SMILES string of the molecule is CC(=O)N1CCN(c2ncc(-c3ccc4c(=O)n(C)n(Cc5nc(C)ccc5CF)c4n3)cn2)C[C@H]1C. The average Bonchev–Trinajstić information content (AvgIpc) is 3.13. The molecule has 11 heteroatoms. The number of alkyl halides is 1. The van der Waals surface area contributed by atoms with Crippen LogP contribution in [0.15, 0.2) is 41.5 Å². The minimum Gasteiger partial charge on any atom is -0.337 e. The second-order valence-corrected chi connectivity index (χ2v) is 9.43. The molecule has 0 bridgehead atoms. The summed E-state index contributed by atoms with van der Waals surface area (Å²) in [5.41, 5.74) is 3.45. The molecule has 4 aromatic rings. The summed E-state index contributed by atoms with van der Waals surface area (Å²) in [6, 6.07) is 7.09. The smallest absolute Gasteiger partial charge is 0.275 e. The molecule has 0 radical (unpaired) electrons. The van der Waals surface area contributed by atoms with E-state index in [9.17, 15) is 14.0 Å². The Balaban J connectivity index is 1.45. The third-order valence-corrected chi connectivity index (χ3v) is 6.91. The van der Waals surface area contributed by atoms with Gasteiger partial charge in [-0.3, -0.25) is 23.9 Å². The fourth-order valence-electron chi connectivity index (χ4n) is 4.84. The lowest BCUT2D eigenvalue weighted by Crippen LogP contribution is -2.53. The monoisotopic (exact) mass is 504 g/mol. The Bertz CT molecular complexity index is 1530. The summed E-state index contributed by atoms with van der Waals surface area (Å²) >= 11 is 0. The van der Waals surface area contributed by atoms with Gasteiger partial charge in [0.15, 0.2) is 5.65 Å². The van der Waals surface area contributed by atoms with Gasteiger partial charge < -0.3 is 9.80 Å². The highest BCUT2D eigenvalue weighted by Crippen LogP contribution is 2.22. The summed E-state index contributed by atoms with van der Waals surface area (Å²) in [6.07, 6.45) is 3.43. The predicted octanol–water partition coefficient (Wildman–Crippen LogP) is 2.47. The number of piperazine rings is 1. The van der Waals surface area contributed by atoms with Crippen molar-refractivity contribution in [3.63, 3.8) is 0 Å². The standard InChI is InChI=1S/C26H29FN8O2/c1-16-5-6-19(11-27)23(30-16)15-35-24-21(25(37)32(35)4)7-8-22(31-24)20-12-28-26(29-13-20)33-9-10-34(18(3)36)17(2)14-33/h5-8,12-13,17H,9-11,14-15H2,1-4H3/t17-/m1/s1. The van der Waals surface area contributed by atoms with Crippen molar-refractivity contribution in [3.05, 3.63) is 64.0 Å². The van der Waals surface area contributed by atoms with E-state index < -0.39 is 6.67 Å². The normalized spacial score (nSPS) is 16.0. The van der Waals surface area contributed by atoms with Crippen LogP contribution in [-0.4, -0.2) is 65.8 Å². The fraction of sp³-hybridized carbons (Fsp3) is 0.385. The van der Waals surface area contributed by atoms with Crippen LogP contribution in [0.1, 0.15) is 30.8 Å². The zero-order valence-corrected chi connectivity index (χ0v) is 21.3. The summed E-state index contributed by atoms with van der Waals surface area (Å²) in [5, 5.41) is 0.468. The highest BCUT2D eigenvalue weighted by molar-refractivity contribution is 5.78. The first-order valence-electron chi connectivity index (χ1n) is 12.2. The largest absolute Gasteiger partial charge is 0.337 e. The first kappa shape index (κ1) is 24.5. The van der Waals surface area contributed by atoms with E-state index in [4.69, 9.17) is 4.98 Å². The molecule has 1 aliphatic heterocycles. The Hall–Kier alpha value is -4.15. The summed E-state index contributed by atoms with van der Waals surface area (Å²) in [4.78, 5) is 46.9. The van der Waals surface area contributed by atoms with Crippen molar-refractivity contribution < 1.29 is 9.18 Å². The van der Waals surface area contributed by atoms with Crippen molar-refractivity contribution in [1.82, 2.24) is 34.2 Å². The number of fused-ring (bicyclic) bond motifs is 1. The van der Waals surface area contributed by atoms with Gasteiger partial charge in [0.2, 0.25) is 11.9 Å². The topological polar surface area (TPSA) is 102 Å². The molecule has 192 valence electrons. The highest BCUT2D eigenvalue weighted by Gasteiger charge is 2.26. The van der Waals surface area contributed by atoms with Crippen LogP contribution in [-0.2, 0) is 25.1 Å². The molecule has 37 heavy (non-hydrogen) atoms. The Labute approximate surface area is 213 Å². The lowest BCUT2D eigenvalue weighted by molar-refractivity contribution is -0.131. The summed E-state index contributed by atoms with van der Waals surface area (Å²) in [7, 11) is 1.67. The van der Waals surface area contributed by atoms with Crippen LogP contribution in [0.3, 0.4) is 0 Å². The van der Waals surface area contributed by atoms with Gasteiger partial charge in [-0.25, -0.2) is 19.3 Å². The Kier molecular flexibility index (Phi) is 6.45. The Morgan fingerprint density at radius 1 is 1.11 bits per heavy atom. The van der Waals surface area contributed by atoms with Crippen molar-refractivity contribution in [1.29, 1.82) is 0 Å². The number of carbonyl (C=O) groups is 1. The van der Waals surface area contributed by atoms with Crippen molar-refractivity contribution in [3.8, 4) is 11.3 Å². The van der Waals surface area contributed by atoms with Crippen LogP contribution in [0.4, 0.5) is 10.3 Å². The van der Waals surface area contributed by atoms with E-state index in [2.05, 4.69) is 19.9 Å². The van der Waals surface area contributed by atoms with E-state index in [-0.39, 0.29) is 24.1 Å². The quantitative estimate of drug-likeness (QED) is 0.411. The third kappa shape index (κ3) is 4.56. The molecule has 4 aromatic heterocycles. The number of nitrogens with zero attached hydrogens (tertiary/aromatic N) is 8. The van der Waals surface area contributed by atoms with Crippen molar-refractivity contribution >= 4 is 22.9 Å². The molecular formula is C26H29FN8O2. The van der Waals surface area contributed by atoms with Crippen molar-refractivity contribution in [2.45, 2.75) is 40.0 Å². The van der Waals surface area contributed by atoms with E-state index in [0.717, 1.165) is 5.69 Å². The highest BCUT2D eigenvalue weighted by atomic mass is 19.1. The van der Waals surface area contributed by atoms with E-state index in [1.54, 1.807) is 55.3 Å². The van der Waals surface area contributed by atoms with Crippen molar-refractivity contribution in [2.75, 3.05) is 24.5 Å². The molecule has 0 unspecified atom stereocenters.